The summed E-state index contributed by atoms with van der Waals surface area (Å²) < 4.78 is 6.59. The van der Waals surface area contributed by atoms with Crippen LogP contribution in [0.25, 0.3) is 0 Å². The summed E-state index contributed by atoms with van der Waals surface area (Å²) in [7, 11) is 1.50. The average Bonchev–Trinajstić information content (AvgIpc) is 2.20. The lowest BCUT2D eigenvalue weighted by Crippen LogP contribution is -2.36. The smallest absolute Gasteiger partial charge is 0.402 e. The number of halogens is 1. The molecule has 1 aromatic rings. The Morgan fingerprint density at radius 2 is 2.27 bits per heavy atom. The Hall–Kier alpha value is -0.590. The van der Waals surface area contributed by atoms with Crippen molar-refractivity contribution < 1.29 is 9.47 Å². The summed E-state index contributed by atoms with van der Waals surface area (Å²) in [5.74, 6) is 0.754. The number of hydrogen-bond donors (Lipinski definition) is 0. The van der Waals surface area contributed by atoms with Crippen LogP contribution in [0.4, 0.5) is 0 Å². The fourth-order valence-electron chi connectivity index (χ4n) is 1.35. The van der Waals surface area contributed by atoms with Gasteiger partial charge in [0, 0.05) is 6.42 Å². The Morgan fingerprint density at radius 1 is 1.60 bits per heavy atom. The van der Waals surface area contributed by atoms with E-state index in [1.54, 1.807) is 6.20 Å². The molecule has 0 aliphatic carbocycles. The number of nitrogens with zero attached hydrogens (tertiary/aromatic N) is 2. The predicted molar refractivity (Wildman–Crippen MR) is 66.0 cm³/mol. The first-order valence-electron chi connectivity index (χ1n) is 4.80. The van der Waals surface area contributed by atoms with E-state index in [2.05, 4.69) is 41.4 Å². The highest BCUT2D eigenvalue weighted by Crippen LogP contribution is 2.15. The molecule has 1 heterocycles. The highest BCUT2D eigenvalue weighted by molar-refractivity contribution is 14.1. The molecule has 0 amide bonds. The summed E-state index contributed by atoms with van der Waals surface area (Å²) in [5.41, 5.74) is 1.36. The van der Waals surface area contributed by atoms with Crippen molar-refractivity contribution in [1.29, 1.82) is 0 Å². The molecule has 0 unspecified atom stereocenters. The molecule has 0 radical (unpaired) electrons. The van der Waals surface area contributed by atoms with Gasteiger partial charge in [0.05, 0.1) is 17.7 Å². The molecule has 0 aliphatic heterocycles. The number of alkyl halides is 1. The quantitative estimate of drug-likeness (QED) is 0.368. The SMILES string of the molecule is COc1c(CI)ncc(CC(C)C)[n+]1[O-]. The van der Waals surface area contributed by atoms with Crippen molar-refractivity contribution in [2.75, 3.05) is 7.11 Å². The molecular formula is C10H15IN2O2. The van der Waals surface area contributed by atoms with Gasteiger partial charge in [0.2, 0.25) is 5.69 Å². The van der Waals surface area contributed by atoms with Gasteiger partial charge in [-0.2, -0.15) is 0 Å². The molecule has 0 saturated carbocycles. The molecule has 1 rings (SSSR count). The molecule has 0 fully saturated rings. The fourth-order valence-corrected chi connectivity index (χ4v) is 1.88. The second kappa shape index (κ2) is 5.48. The molecule has 0 spiro atoms. The predicted octanol–water partition coefficient (Wildman–Crippen LogP) is 1.86. The van der Waals surface area contributed by atoms with Crippen LogP contribution < -0.4 is 9.47 Å². The van der Waals surface area contributed by atoms with Crippen molar-refractivity contribution >= 4 is 22.6 Å². The van der Waals surface area contributed by atoms with Gasteiger partial charge >= 0.3 is 5.88 Å². The van der Waals surface area contributed by atoms with Gasteiger partial charge in [0.25, 0.3) is 0 Å². The zero-order valence-electron chi connectivity index (χ0n) is 9.16. The Labute approximate surface area is 103 Å². The topological polar surface area (TPSA) is 49.1 Å². The van der Waals surface area contributed by atoms with E-state index >= 15 is 0 Å². The van der Waals surface area contributed by atoms with Crippen LogP contribution in [-0.4, -0.2) is 12.1 Å². The first kappa shape index (κ1) is 12.5. The number of hydrogen-bond acceptors (Lipinski definition) is 3. The van der Waals surface area contributed by atoms with E-state index in [4.69, 9.17) is 4.74 Å². The standard InChI is InChI=1S/C10H15IN2O2/c1-7(2)4-8-6-12-9(5-11)10(15-3)13(8)14/h6-7H,4-5H2,1-3H3. The third-order valence-electron chi connectivity index (χ3n) is 2.00. The maximum atomic E-state index is 11.9. The van der Waals surface area contributed by atoms with E-state index in [1.807, 2.05) is 0 Å². The van der Waals surface area contributed by atoms with Gasteiger partial charge in [-0.05, 0) is 5.92 Å². The molecule has 0 atom stereocenters. The molecule has 5 heteroatoms. The largest absolute Gasteiger partial charge is 0.616 e. The highest BCUT2D eigenvalue weighted by atomic mass is 127. The van der Waals surface area contributed by atoms with Crippen LogP contribution in [0, 0.1) is 11.1 Å². The lowest BCUT2D eigenvalue weighted by atomic mass is 10.1. The van der Waals surface area contributed by atoms with Gasteiger partial charge in [0.15, 0.2) is 5.69 Å². The maximum absolute atomic E-state index is 11.9. The molecule has 84 valence electrons. The minimum Gasteiger partial charge on any atom is -0.616 e. The molecule has 1 aromatic heterocycles. The Morgan fingerprint density at radius 3 is 2.73 bits per heavy atom. The molecule has 15 heavy (non-hydrogen) atoms. The van der Waals surface area contributed by atoms with Gasteiger partial charge in [-0.15, -0.1) is 4.73 Å². The van der Waals surface area contributed by atoms with Crippen molar-refractivity contribution in [3.8, 4) is 5.88 Å². The highest BCUT2D eigenvalue weighted by Gasteiger charge is 2.19. The molecule has 0 aliphatic rings. The van der Waals surface area contributed by atoms with E-state index in [-0.39, 0.29) is 0 Å². The van der Waals surface area contributed by atoms with E-state index in [1.165, 1.54) is 7.11 Å². The monoisotopic (exact) mass is 322 g/mol. The van der Waals surface area contributed by atoms with Crippen LogP contribution in [0.1, 0.15) is 25.2 Å². The van der Waals surface area contributed by atoms with E-state index < -0.39 is 0 Å². The van der Waals surface area contributed by atoms with Crippen molar-refractivity contribution in [2.24, 2.45) is 5.92 Å². The Bertz CT molecular complexity index is 342. The van der Waals surface area contributed by atoms with Crippen LogP contribution in [0.3, 0.4) is 0 Å². The molecule has 0 bridgehead atoms. The molecule has 4 nitrogen and oxygen atoms in total. The first-order chi connectivity index (χ1) is 7.10. The molecule has 0 aromatic carbocycles. The number of ether oxygens (including phenoxy) is 1. The van der Waals surface area contributed by atoms with E-state index in [9.17, 15) is 5.21 Å². The summed E-state index contributed by atoms with van der Waals surface area (Å²) in [4.78, 5) is 4.23. The van der Waals surface area contributed by atoms with Gasteiger partial charge < -0.3 is 9.94 Å². The van der Waals surface area contributed by atoms with Gasteiger partial charge in [-0.3, -0.25) is 0 Å². The number of methoxy groups -OCH3 is 1. The minimum absolute atomic E-state index is 0.322. The van der Waals surface area contributed by atoms with Crippen molar-refractivity contribution in [3.05, 3.63) is 22.8 Å². The summed E-state index contributed by atoms with van der Waals surface area (Å²) >= 11 is 2.16. The summed E-state index contributed by atoms with van der Waals surface area (Å²) in [6.45, 7) is 4.14. The fraction of sp³-hybridized carbons (Fsp3) is 0.600. The van der Waals surface area contributed by atoms with Crippen molar-refractivity contribution in [1.82, 2.24) is 4.98 Å². The Kier molecular flexibility index (Phi) is 4.56. The van der Waals surface area contributed by atoms with Crippen LogP contribution in [0.2, 0.25) is 0 Å². The lowest BCUT2D eigenvalue weighted by Gasteiger charge is -2.10. The maximum Gasteiger partial charge on any atom is 0.402 e. The molecule has 0 N–H and O–H groups in total. The van der Waals surface area contributed by atoms with Crippen LogP contribution in [0.15, 0.2) is 6.20 Å². The van der Waals surface area contributed by atoms with Crippen LogP contribution in [-0.2, 0) is 10.8 Å². The van der Waals surface area contributed by atoms with E-state index in [0.29, 0.717) is 34.0 Å². The average molecular weight is 322 g/mol. The number of aromatic nitrogens is 2. The minimum atomic E-state index is 0.322. The number of rotatable bonds is 4. The van der Waals surface area contributed by atoms with Crippen LogP contribution in [0.5, 0.6) is 5.88 Å². The van der Waals surface area contributed by atoms with Crippen molar-refractivity contribution in [3.63, 3.8) is 0 Å². The third-order valence-corrected chi connectivity index (χ3v) is 2.72. The lowest BCUT2D eigenvalue weighted by molar-refractivity contribution is -0.621. The zero-order valence-corrected chi connectivity index (χ0v) is 11.3. The second-order valence-electron chi connectivity index (χ2n) is 3.73. The normalized spacial score (nSPS) is 10.7. The van der Waals surface area contributed by atoms with Gasteiger partial charge in [0.1, 0.15) is 0 Å². The summed E-state index contributed by atoms with van der Waals surface area (Å²) in [5, 5.41) is 11.9. The third kappa shape index (κ3) is 2.93. The summed E-state index contributed by atoms with van der Waals surface area (Å²) in [6, 6.07) is 0. The van der Waals surface area contributed by atoms with Crippen molar-refractivity contribution in [2.45, 2.75) is 24.7 Å². The molecule has 0 saturated heterocycles. The van der Waals surface area contributed by atoms with Crippen LogP contribution >= 0.6 is 22.6 Å². The van der Waals surface area contributed by atoms with Gasteiger partial charge in [-0.1, -0.05) is 36.4 Å². The second-order valence-corrected chi connectivity index (χ2v) is 4.49. The van der Waals surface area contributed by atoms with E-state index in [0.717, 1.165) is 4.73 Å². The summed E-state index contributed by atoms with van der Waals surface area (Å²) in [6.07, 6.45) is 2.36. The van der Waals surface area contributed by atoms with Gasteiger partial charge in [-0.25, -0.2) is 4.98 Å². The Balaban J connectivity index is 3.11. The zero-order chi connectivity index (χ0) is 11.4. The molecular weight excluding hydrogens is 307 g/mol. The first-order valence-corrected chi connectivity index (χ1v) is 6.33.